The van der Waals surface area contributed by atoms with Crippen LogP contribution in [0.4, 0.5) is 0 Å². The number of hydrogen-bond acceptors (Lipinski definition) is 2. The number of rotatable bonds is 2. The van der Waals surface area contributed by atoms with Crippen LogP contribution in [0.1, 0.15) is 52.7 Å². The van der Waals surface area contributed by atoms with Crippen LogP contribution >= 0.6 is 0 Å². The first-order chi connectivity index (χ1) is 7.69. The van der Waals surface area contributed by atoms with Crippen molar-refractivity contribution in [3.05, 3.63) is 28.3 Å². The lowest BCUT2D eigenvalue weighted by Crippen LogP contribution is -2.12. The number of fused-ring (bicyclic) bond motifs is 1. The van der Waals surface area contributed by atoms with E-state index in [4.69, 9.17) is 4.74 Å². The fourth-order valence-electron chi connectivity index (χ4n) is 2.81. The summed E-state index contributed by atoms with van der Waals surface area (Å²) in [4.78, 5) is 11.0. The minimum absolute atomic E-state index is 0.539. The van der Waals surface area contributed by atoms with Crippen molar-refractivity contribution in [3.8, 4) is 5.75 Å². The number of aldehydes is 1. The maximum atomic E-state index is 11.0. The summed E-state index contributed by atoms with van der Waals surface area (Å²) < 4.78 is 5.40. The Morgan fingerprint density at radius 1 is 1.50 bits per heavy atom. The number of carbonyl (C=O) groups is 1. The van der Waals surface area contributed by atoms with Gasteiger partial charge in [0, 0.05) is 5.56 Å². The van der Waals surface area contributed by atoms with E-state index in [1.165, 1.54) is 24.0 Å². The maximum Gasteiger partial charge on any atom is 0.150 e. The van der Waals surface area contributed by atoms with Crippen LogP contribution in [0.25, 0.3) is 0 Å². The highest BCUT2D eigenvalue weighted by Crippen LogP contribution is 2.39. The van der Waals surface area contributed by atoms with Crippen molar-refractivity contribution in [2.24, 2.45) is 0 Å². The zero-order valence-electron chi connectivity index (χ0n) is 10.2. The van der Waals surface area contributed by atoms with E-state index in [9.17, 15) is 4.79 Å². The summed E-state index contributed by atoms with van der Waals surface area (Å²) in [5, 5.41) is 0. The molecular weight excluding hydrogens is 200 g/mol. The Morgan fingerprint density at radius 2 is 2.25 bits per heavy atom. The molecule has 0 heterocycles. The van der Waals surface area contributed by atoms with Gasteiger partial charge in [0.1, 0.15) is 12.0 Å². The predicted octanol–water partition coefficient (Wildman–Crippen LogP) is 3.26. The van der Waals surface area contributed by atoms with Crippen molar-refractivity contribution in [1.29, 1.82) is 0 Å². The molecule has 2 heteroatoms. The van der Waals surface area contributed by atoms with Crippen molar-refractivity contribution in [2.75, 3.05) is 7.11 Å². The van der Waals surface area contributed by atoms with Crippen molar-refractivity contribution in [1.82, 2.24) is 0 Å². The van der Waals surface area contributed by atoms with Crippen molar-refractivity contribution < 1.29 is 9.53 Å². The normalized spacial score (nSPS) is 19.1. The van der Waals surface area contributed by atoms with Gasteiger partial charge in [-0.25, -0.2) is 0 Å². The molecule has 1 aromatic carbocycles. The molecular formula is C14H18O2. The molecule has 86 valence electrons. The molecule has 2 rings (SSSR count). The van der Waals surface area contributed by atoms with E-state index in [0.717, 1.165) is 29.6 Å². The van der Waals surface area contributed by atoms with Crippen molar-refractivity contribution in [3.63, 3.8) is 0 Å². The fraction of sp³-hybridized carbons (Fsp3) is 0.500. The molecule has 0 N–H and O–H groups in total. The molecule has 1 aromatic rings. The molecule has 1 aliphatic carbocycles. The Hall–Kier alpha value is -1.31. The van der Waals surface area contributed by atoms with Gasteiger partial charge in [-0.2, -0.15) is 0 Å². The predicted molar refractivity (Wildman–Crippen MR) is 64.5 cm³/mol. The molecule has 0 spiro atoms. The Balaban J connectivity index is 2.68. The fourth-order valence-corrected chi connectivity index (χ4v) is 2.81. The molecule has 0 fully saturated rings. The van der Waals surface area contributed by atoms with Crippen LogP contribution in [0, 0.1) is 6.92 Å². The molecule has 1 aliphatic rings. The van der Waals surface area contributed by atoms with E-state index >= 15 is 0 Å². The third kappa shape index (κ3) is 1.62. The van der Waals surface area contributed by atoms with Crippen LogP contribution in [-0.2, 0) is 6.42 Å². The topological polar surface area (TPSA) is 26.3 Å². The third-order valence-electron chi connectivity index (χ3n) is 3.65. The van der Waals surface area contributed by atoms with Crippen LogP contribution in [-0.4, -0.2) is 13.4 Å². The Morgan fingerprint density at radius 3 is 2.88 bits per heavy atom. The summed E-state index contributed by atoms with van der Waals surface area (Å²) in [6.45, 7) is 4.28. The van der Waals surface area contributed by atoms with Crippen LogP contribution in [0.2, 0.25) is 0 Å². The summed E-state index contributed by atoms with van der Waals surface area (Å²) in [6, 6.07) is 1.87. The van der Waals surface area contributed by atoms with Crippen LogP contribution in [0.3, 0.4) is 0 Å². The largest absolute Gasteiger partial charge is 0.496 e. The molecule has 1 atom stereocenters. The first kappa shape index (κ1) is 11.2. The Kier molecular flexibility index (Phi) is 2.99. The van der Waals surface area contributed by atoms with Gasteiger partial charge in [0.05, 0.1) is 7.11 Å². The highest BCUT2D eigenvalue weighted by molar-refractivity contribution is 5.80. The van der Waals surface area contributed by atoms with E-state index in [-0.39, 0.29) is 0 Å². The second-order valence-corrected chi connectivity index (χ2v) is 4.60. The van der Waals surface area contributed by atoms with E-state index in [1.54, 1.807) is 7.11 Å². The maximum absolute atomic E-state index is 11.0. The molecule has 1 unspecified atom stereocenters. The van der Waals surface area contributed by atoms with Crippen LogP contribution in [0.15, 0.2) is 6.07 Å². The Labute approximate surface area is 96.6 Å². The number of carbonyl (C=O) groups excluding carboxylic acids is 1. The average Bonchev–Trinajstić information content (AvgIpc) is 2.30. The minimum Gasteiger partial charge on any atom is -0.496 e. The van der Waals surface area contributed by atoms with Crippen molar-refractivity contribution in [2.45, 2.75) is 39.0 Å². The molecule has 16 heavy (non-hydrogen) atoms. The van der Waals surface area contributed by atoms with Gasteiger partial charge >= 0.3 is 0 Å². The summed E-state index contributed by atoms with van der Waals surface area (Å²) >= 11 is 0. The molecule has 0 bridgehead atoms. The molecule has 0 aromatic heterocycles. The number of methoxy groups -OCH3 is 1. The minimum atomic E-state index is 0.539. The zero-order chi connectivity index (χ0) is 11.7. The highest BCUT2D eigenvalue weighted by atomic mass is 16.5. The second-order valence-electron chi connectivity index (χ2n) is 4.60. The zero-order valence-corrected chi connectivity index (χ0v) is 10.2. The number of ether oxygens (including phenoxy) is 1. The highest BCUT2D eigenvalue weighted by Gasteiger charge is 2.23. The summed E-state index contributed by atoms with van der Waals surface area (Å²) in [5.74, 6) is 1.42. The van der Waals surface area contributed by atoms with E-state index < -0.39 is 0 Å². The van der Waals surface area contributed by atoms with Gasteiger partial charge in [-0.1, -0.05) is 6.92 Å². The van der Waals surface area contributed by atoms with Gasteiger partial charge in [0.2, 0.25) is 0 Å². The standard InChI is InChI=1S/C14H18O2/c1-9-5-4-6-12-13(16-3)7-11(8-15)10(2)14(9)12/h7-9H,4-6H2,1-3H3. The van der Waals surface area contributed by atoms with E-state index in [1.807, 2.05) is 13.0 Å². The molecule has 0 saturated carbocycles. The lowest BCUT2D eigenvalue weighted by molar-refractivity contribution is 0.112. The molecule has 0 amide bonds. The second kappa shape index (κ2) is 4.28. The van der Waals surface area contributed by atoms with Gasteiger partial charge in [-0.15, -0.1) is 0 Å². The summed E-state index contributed by atoms with van der Waals surface area (Å²) in [6.07, 6.45) is 4.42. The SMILES string of the molecule is COc1cc(C=O)c(C)c2c1CCCC2C. The van der Waals surface area contributed by atoms with Gasteiger partial charge < -0.3 is 4.74 Å². The van der Waals surface area contributed by atoms with Crippen LogP contribution in [0.5, 0.6) is 5.75 Å². The van der Waals surface area contributed by atoms with Gasteiger partial charge in [-0.3, -0.25) is 4.79 Å². The molecule has 0 radical (unpaired) electrons. The lowest BCUT2D eigenvalue weighted by Gasteiger charge is -2.27. The van der Waals surface area contributed by atoms with Gasteiger partial charge in [0.25, 0.3) is 0 Å². The van der Waals surface area contributed by atoms with Crippen molar-refractivity contribution >= 4 is 6.29 Å². The quantitative estimate of drug-likeness (QED) is 0.712. The van der Waals surface area contributed by atoms with Gasteiger partial charge in [-0.05, 0) is 54.9 Å². The Bertz CT molecular complexity index is 421. The summed E-state index contributed by atoms with van der Waals surface area (Å²) in [7, 11) is 1.68. The van der Waals surface area contributed by atoms with E-state index in [0.29, 0.717) is 5.92 Å². The number of hydrogen-bond donors (Lipinski definition) is 0. The van der Waals surface area contributed by atoms with Gasteiger partial charge in [0.15, 0.2) is 0 Å². The average molecular weight is 218 g/mol. The molecule has 0 aliphatic heterocycles. The smallest absolute Gasteiger partial charge is 0.150 e. The van der Waals surface area contributed by atoms with E-state index in [2.05, 4.69) is 6.92 Å². The first-order valence-corrected chi connectivity index (χ1v) is 5.84. The third-order valence-corrected chi connectivity index (χ3v) is 3.65. The lowest BCUT2D eigenvalue weighted by atomic mass is 9.79. The number of benzene rings is 1. The van der Waals surface area contributed by atoms with Crippen LogP contribution < -0.4 is 4.74 Å². The molecule has 2 nitrogen and oxygen atoms in total. The summed E-state index contributed by atoms with van der Waals surface area (Å²) in [5.41, 5.74) is 4.56. The first-order valence-electron chi connectivity index (χ1n) is 5.84. The monoisotopic (exact) mass is 218 g/mol. The molecule has 0 saturated heterocycles.